The van der Waals surface area contributed by atoms with Gasteiger partial charge < -0.3 is 14.2 Å². The molecule has 0 spiro atoms. The summed E-state index contributed by atoms with van der Waals surface area (Å²) >= 11 is 3.35. The van der Waals surface area contributed by atoms with Crippen LogP contribution in [-0.2, 0) is 14.2 Å². The Balaban J connectivity index is 1.96. The van der Waals surface area contributed by atoms with E-state index >= 15 is 0 Å². The number of ketones is 1. The van der Waals surface area contributed by atoms with Crippen LogP contribution in [0.5, 0.6) is 0 Å². The topological polar surface area (TPSA) is 44.8 Å². The van der Waals surface area contributed by atoms with Gasteiger partial charge in [-0.15, -0.1) is 0 Å². The third kappa shape index (κ3) is 8.98. The minimum absolute atomic E-state index is 0.155. The Bertz CT molecular complexity index is 392. The molecule has 0 radical (unpaired) electrons. The monoisotopic (exact) mass is 358 g/mol. The second kappa shape index (κ2) is 11.9. The zero-order chi connectivity index (χ0) is 15.3. The van der Waals surface area contributed by atoms with Crippen molar-refractivity contribution in [3.05, 3.63) is 34.3 Å². The maximum absolute atomic E-state index is 11.9. The van der Waals surface area contributed by atoms with E-state index in [9.17, 15) is 4.79 Å². The van der Waals surface area contributed by atoms with Crippen LogP contribution >= 0.6 is 15.9 Å². The van der Waals surface area contributed by atoms with Gasteiger partial charge in [0.05, 0.1) is 13.2 Å². The summed E-state index contributed by atoms with van der Waals surface area (Å²) < 4.78 is 16.7. The predicted octanol–water partition coefficient (Wildman–Crippen LogP) is 3.48. The zero-order valence-corrected chi connectivity index (χ0v) is 14.1. The Kier molecular flexibility index (Phi) is 10.3. The van der Waals surface area contributed by atoms with Crippen LogP contribution in [0.2, 0.25) is 0 Å². The highest BCUT2D eigenvalue weighted by Crippen LogP contribution is 2.12. The number of methoxy groups -OCH3 is 1. The van der Waals surface area contributed by atoms with E-state index in [1.165, 1.54) is 0 Å². The summed E-state index contributed by atoms with van der Waals surface area (Å²) in [7, 11) is 1.68. The number of benzene rings is 1. The van der Waals surface area contributed by atoms with Gasteiger partial charge in [-0.25, -0.2) is 0 Å². The molecule has 0 aliphatic rings. The van der Waals surface area contributed by atoms with E-state index in [4.69, 9.17) is 14.2 Å². The van der Waals surface area contributed by atoms with Crippen molar-refractivity contribution in [1.82, 2.24) is 0 Å². The number of rotatable bonds is 12. The van der Waals surface area contributed by atoms with Crippen molar-refractivity contribution < 1.29 is 19.0 Å². The highest BCUT2D eigenvalue weighted by Gasteiger charge is 2.05. The number of carbonyl (C=O) groups is 1. The van der Waals surface area contributed by atoms with E-state index in [0.717, 1.165) is 29.5 Å². The van der Waals surface area contributed by atoms with Crippen LogP contribution in [0.4, 0.5) is 0 Å². The summed E-state index contributed by atoms with van der Waals surface area (Å²) in [5, 5.41) is 0. The van der Waals surface area contributed by atoms with Crippen LogP contribution in [0.3, 0.4) is 0 Å². The first kappa shape index (κ1) is 18.3. The zero-order valence-electron chi connectivity index (χ0n) is 12.5. The Morgan fingerprint density at radius 1 is 0.952 bits per heavy atom. The van der Waals surface area contributed by atoms with Gasteiger partial charge in [-0.1, -0.05) is 28.1 Å². The molecule has 0 saturated heterocycles. The van der Waals surface area contributed by atoms with Gasteiger partial charge in [-0.2, -0.15) is 0 Å². The predicted molar refractivity (Wildman–Crippen MR) is 85.8 cm³/mol. The molecule has 0 aromatic heterocycles. The molecule has 1 aromatic carbocycles. The van der Waals surface area contributed by atoms with E-state index in [-0.39, 0.29) is 5.78 Å². The van der Waals surface area contributed by atoms with Crippen molar-refractivity contribution in [2.75, 3.05) is 40.1 Å². The molecular formula is C16H23BrO4. The maximum atomic E-state index is 11.9. The van der Waals surface area contributed by atoms with Crippen LogP contribution in [-0.4, -0.2) is 45.9 Å². The molecule has 21 heavy (non-hydrogen) atoms. The summed E-state index contributed by atoms with van der Waals surface area (Å²) in [5.41, 5.74) is 0.750. The summed E-state index contributed by atoms with van der Waals surface area (Å²) in [6, 6.07) is 7.43. The van der Waals surface area contributed by atoms with Crippen molar-refractivity contribution in [1.29, 1.82) is 0 Å². The number of ether oxygens (including phenoxy) is 3. The van der Waals surface area contributed by atoms with Crippen LogP contribution in [0.1, 0.15) is 29.6 Å². The van der Waals surface area contributed by atoms with E-state index in [1.807, 2.05) is 24.3 Å². The second-order valence-electron chi connectivity index (χ2n) is 4.60. The van der Waals surface area contributed by atoms with Gasteiger partial charge in [-0.3, -0.25) is 4.79 Å². The number of hydrogen-bond donors (Lipinski definition) is 0. The number of hydrogen-bond acceptors (Lipinski definition) is 4. The average molecular weight is 359 g/mol. The number of halogens is 1. The van der Waals surface area contributed by atoms with Gasteiger partial charge in [0.25, 0.3) is 0 Å². The van der Waals surface area contributed by atoms with Gasteiger partial charge >= 0.3 is 0 Å². The van der Waals surface area contributed by atoms with Crippen LogP contribution < -0.4 is 0 Å². The lowest BCUT2D eigenvalue weighted by atomic mass is 10.1. The molecular weight excluding hydrogens is 336 g/mol. The lowest BCUT2D eigenvalue weighted by Gasteiger charge is -2.06. The molecule has 0 N–H and O–H groups in total. The third-order valence-electron chi connectivity index (χ3n) is 2.87. The van der Waals surface area contributed by atoms with Gasteiger partial charge in [0, 0.05) is 43.4 Å². The van der Waals surface area contributed by atoms with E-state index in [1.54, 1.807) is 7.11 Å². The molecule has 0 unspecified atom stereocenters. The molecule has 118 valence electrons. The summed E-state index contributed by atoms with van der Waals surface area (Å²) in [5.74, 6) is 0.155. The van der Waals surface area contributed by atoms with Crippen molar-refractivity contribution in [3.8, 4) is 0 Å². The number of carbonyl (C=O) groups excluding carboxylic acids is 1. The Hall–Kier alpha value is -0.750. The molecule has 0 aliphatic carbocycles. The molecule has 1 rings (SSSR count). The molecule has 0 saturated carbocycles. The van der Waals surface area contributed by atoms with Gasteiger partial charge in [0.2, 0.25) is 0 Å². The van der Waals surface area contributed by atoms with Gasteiger partial charge in [-0.05, 0) is 25.0 Å². The molecule has 0 aliphatic heterocycles. The molecule has 0 atom stereocenters. The van der Waals surface area contributed by atoms with Crippen LogP contribution in [0.25, 0.3) is 0 Å². The lowest BCUT2D eigenvalue weighted by Crippen LogP contribution is -2.08. The minimum Gasteiger partial charge on any atom is -0.385 e. The molecule has 5 heteroatoms. The fraction of sp³-hybridized carbons (Fsp3) is 0.562. The lowest BCUT2D eigenvalue weighted by molar-refractivity contribution is 0.0386. The van der Waals surface area contributed by atoms with Crippen molar-refractivity contribution in [2.45, 2.75) is 19.3 Å². The second-order valence-corrected chi connectivity index (χ2v) is 5.52. The smallest absolute Gasteiger partial charge is 0.162 e. The highest BCUT2D eigenvalue weighted by atomic mass is 79.9. The molecule has 0 bridgehead atoms. The fourth-order valence-electron chi connectivity index (χ4n) is 1.74. The van der Waals surface area contributed by atoms with Crippen LogP contribution in [0, 0.1) is 0 Å². The van der Waals surface area contributed by atoms with Gasteiger partial charge in [0.15, 0.2) is 5.78 Å². The molecule has 1 aromatic rings. The largest absolute Gasteiger partial charge is 0.385 e. The molecule has 0 amide bonds. The van der Waals surface area contributed by atoms with E-state index in [2.05, 4.69) is 15.9 Å². The van der Waals surface area contributed by atoms with Crippen molar-refractivity contribution >= 4 is 21.7 Å². The maximum Gasteiger partial charge on any atom is 0.162 e. The molecule has 4 nitrogen and oxygen atoms in total. The van der Waals surface area contributed by atoms with E-state index < -0.39 is 0 Å². The van der Waals surface area contributed by atoms with Crippen LogP contribution in [0.15, 0.2) is 28.7 Å². The Labute approximate surface area is 134 Å². The van der Waals surface area contributed by atoms with Crippen molar-refractivity contribution in [2.24, 2.45) is 0 Å². The summed E-state index contributed by atoms with van der Waals surface area (Å²) in [6.07, 6.45) is 2.15. The fourth-order valence-corrected chi connectivity index (χ4v) is 2.01. The Morgan fingerprint density at radius 2 is 1.57 bits per heavy atom. The van der Waals surface area contributed by atoms with Crippen molar-refractivity contribution in [3.63, 3.8) is 0 Å². The third-order valence-corrected chi connectivity index (χ3v) is 3.40. The highest BCUT2D eigenvalue weighted by molar-refractivity contribution is 9.10. The normalized spacial score (nSPS) is 10.8. The molecule has 0 heterocycles. The standard InChI is InChI=1S/C16H23BrO4/c1-19-9-3-11-21-13-12-20-10-2-4-16(18)14-5-7-15(17)8-6-14/h5-8H,2-4,9-13H2,1H3. The Morgan fingerprint density at radius 3 is 2.19 bits per heavy atom. The quantitative estimate of drug-likeness (QED) is 0.423. The summed E-state index contributed by atoms with van der Waals surface area (Å²) in [4.78, 5) is 11.9. The first-order chi connectivity index (χ1) is 10.2. The number of Topliss-reactive ketones (excluding diaryl/α,β-unsaturated/α-hetero) is 1. The average Bonchev–Trinajstić information content (AvgIpc) is 2.49. The first-order valence-electron chi connectivity index (χ1n) is 7.17. The molecule has 0 fully saturated rings. The van der Waals surface area contributed by atoms with Gasteiger partial charge in [0.1, 0.15) is 0 Å². The summed E-state index contributed by atoms with van der Waals surface area (Å²) in [6.45, 7) is 3.16. The van der Waals surface area contributed by atoms with E-state index in [0.29, 0.717) is 32.8 Å². The minimum atomic E-state index is 0.155. The first-order valence-corrected chi connectivity index (χ1v) is 7.96. The SMILES string of the molecule is COCCCOCCOCCCC(=O)c1ccc(Br)cc1.